The first kappa shape index (κ1) is 16.8. The molecule has 21 heavy (non-hydrogen) atoms. The Labute approximate surface area is 128 Å². The maximum atomic E-state index is 11.6. The van der Waals surface area contributed by atoms with Crippen LogP contribution in [0.2, 0.25) is 0 Å². The summed E-state index contributed by atoms with van der Waals surface area (Å²) in [4.78, 5) is 11.6. The van der Waals surface area contributed by atoms with E-state index < -0.39 is 6.29 Å². The molecule has 0 aromatic carbocycles. The first-order valence-corrected chi connectivity index (χ1v) is 8.47. The van der Waals surface area contributed by atoms with Crippen molar-refractivity contribution in [2.45, 2.75) is 78.3 Å². The number of carbonyl (C=O) groups excluding carboxylic acids is 1. The molecule has 1 saturated carbocycles. The zero-order valence-electron chi connectivity index (χ0n) is 13.8. The minimum atomic E-state index is -0.513. The van der Waals surface area contributed by atoms with Crippen molar-refractivity contribution in [3.63, 3.8) is 0 Å². The Bertz CT molecular complexity index is 342. The van der Waals surface area contributed by atoms with Crippen LogP contribution in [0.3, 0.4) is 0 Å². The number of ether oxygens (including phenoxy) is 3. The molecule has 0 amide bonds. The number of hydrogen-bond donors (Lipinski definition) is 0. The maximum absolute atomic E-state index is 11.6. The summed E-state index contributed by atoms with van der Waals surface area (Å²) in [7, 11) is 0. The molecule has 0 N–H and O–H groups in total. The van der Waals surface area contributed by atoms with E-state index in [9.17, 15) is 4.79 Å². The number of hydrogen-bond acceptors (Lipinski definition) is 4. The summed E-state index contributed by atoms with van der Waals surface area (Å²) in [5.74, 6) is 1.62. The van der Waals surface area contributed by atoms with E-state index in [0.29, 0.717) is 30.8 Å². The fraction of sp³-hybridized carbons (Fsp3) is 0.941. The molecule has 1 aliphatic heterocycles. The van der Waals surface area contributed by atoms with Gasteiger partial charge in [0, 0.05) is 6.61 Å². The molecular formula is C17H30O4. The molecule has 4 heteroatoms. The Balaban J connectivity index is 1.97. The molecule has 1 heterocycles. The Morgan fingerprint density at radius 2 is 2.05 bits per heavy atom. The summed E-state index contributed by atoms with van der Waals surface area (Å²) in [6.07, 6.45) is 4.21. The van der Waals surface area contributed by atoms with Gasteiger partial charge < -0.3 is 14.2 Å². The van der Waals surface area contributed by atoms with Crippen molar-refractivity contribution in [1.29, 1.82) is 0 Å². The van der Waals surface area contributed by atoms with Crippen LogP contribution < -0.4 is 0 Å². The van der Waals surface area contributed by atoms with Crippen molar-refractivity contribution in [2.75, 3.05) is 6.61 Å². The van der Waals surface area contributed by atoms with Crippen molar-refractivity contribution in [3.8, 4) is 0 Å². The van der Waals surface area contributed by atoms with Crippen LogP contribution in [0.15, 0.2) is 0 Å². The number of carbonyl (C=O) groups is 1. The van der Waals surface area contributed by atoms with Crippen LogP contribution in [0, 0.1) is 17.8 Å². The number of cyclic esters (lactones) is 1. The minimum absolute atomic E-state index is 0.178. The summed E-state index contributed by atoms with van der Waals surface area (Å²) in [5, 5.41) is 0. The molecule has 0 aromatic rings. The topological polar surface area (TPSA) is 44.8 Å². The molecule has 1 aliphatic carbocycles. The van der Waals surface area contributed by atoms with Crippen molar-refractivity contribution >= 4 is 5.97 Å². The molecule has 1 saturated heterocycles. The number of rotatable bonds is 6. The van der Waals surface area contributed by atoms with Gasteiger partial charge in [-0.15, -0.1) is 0 Å². The lowest BCUT2D eigenvalue weighted by Gasteiger charge is -2.38. The standard InChI is InChI=1S/C17H30O4/c1-5-8-19-15-10-16(18)21-17(15)20-14-9-12(4)6-7-13(14)11(2)3/h11-15,17H,5-10H2,1-4H3/t12-,13+,14-,15-,17-/m1/s1. The maximum Gasteiger partial charge on any atom is 0.311 e. The van der Waals surface area contributed by atoms with Gasteiger partial charge in [-0.2, -0.15) is 0 Å². The molecule has 0 radical (unpaired) electrons. The predicted octanol–water partition coefficient (Wildman–Crippen LogP) is 3.53. The van der Waals surface area contributed by atoms with Gasteiger partial charge >= 0.3 is 5.97 Å². The Morgan fingerprint density at radius 1 is 1.29 bits per heavy atom. The van der Waals surface area contributed by atoms with E-state index in [0.717, 1.165) is 12.8 Å². The highest BCUT2D eigenvalue weighted by molar-refractivity contribution is 5.72. The van der Waals surface area contributed by atoms with E-state index in [4.69, 9.17) is 14.2 Å². The third-order valence-electron chi connectivity index (χ3n) is 4.73. The first-order chi connectivity index (χ1) is 10.0. The van der Waals surface area contributed by atoms with E-state index in [1.54, 1.807) is 0 Å². The predicted molar refractivity (Wildman–Crippen MR) is 80.7 cm³/mol. The third-order valence-corrected chi connectivity index (χ3v) is 4.73. The molecule has 122 valence electrons. The van der Waals surface area contributed by atoms with Gasteiger partial charge in [0.05, 0.1) is 12.5 Å². The molecule has 4 nitrogen and oxygen atoms in total. The monoisotopic (exact) mass is 298 g/mol. The molecule has 2 rings (SSSR count). The van der Waals surface area contributed by atoms with Gasteiger partial charge in [-0.3, -0.25) is 4.79 Å². The van der Waals surface area contributed by atoms with Gasteiger partial charge in [-0.1, -0.05) is 34.1 Å². The quantitative estimate of drug-likeness (QED) is 0.704. The summed E-state index contributed by atoms with van der Waals surface area (Å²) in [6, 6.07) is 0. The third kappa shape index (κ3) is 4.43. The average Bonchev–Trinajstić information content (AvgIpc) is 2.76. The lowest BCUT2D eigenvalue weighted by atomic mass is 9.75. The van der Waals surface area contributed by atoms with Crippen LogP contribution in [0.25, 0.3) is 0 Å². The zero-order valence-corrected chi connectivity index (χ0v) is 13.8. The summed E-state index contributed by atoms with van der Waals surface area (Å²) < 4.78 is 17.3. The van der Waals surface area contributed by atoms with Gasteiger partial charge in [0.2, 0.25) is 6.29 Å². The highest BCUT2D eigenvalue weighted by Crippen LogP contribution is 2.37. The van der Waals surface area contributed by atoms with Gasteiger partial charge in [0.25, 0.3) is 0 Å². The van der Waals surface area contributed by atoms with Crippen LogP contribution in [0.4, 0.5) is 0 Å². The van der Waals surface area contributed by atoms with Gasteiger partial charge in [0.1, 0.15) is 6.10 Å². The minimum Gasteiger partial charge on any atom is -0.433 e. The lowest BCUT2D eigenvalue weighted by Crippen LogP contribution is -2.40. The molecule has 0 bridgehead atoms. The number of esters is 1. The highest BCUT2D eigenvalue weighted by atomic mass is 16.7. The van der Waals surface area contributed by atoms with Crippen LogP contribution >= 0.6 is 0 Å². The SMILES string of the molecule is CCCO[C@@H]1CC(=O)O[C@H]1O[C@@H]1C[C@H](C)CC[C@H]1C(C)C. The molecule has 0 spiro atoms. The second-order valence-corrected chi connectivity index (χ2v) is 6.97. The van der Waals surface area contributed by atoms with Gasteiger partial charge in [0.15, 0.2) is 0 Å². The molecule has 2 fully saturated rings. The van der Waals surface area contributed by atoms with E-state index in [1.165, 1.54) is 12.8 Å². The van der Waals surface area contributed by atoms with E-state index >= 15 is 0 Å². The van der Waals surface area contributed by atoms with Crippen molar-refractivity contribution < 1.29 is 19.0 Å². The largest absolute Gasteiger partial charge is 0.433 e. The van der Waals surface area contributed by atoms with Crippen molar-refractivity contribution in [1.82, 2.24) is 0 Å². The van der Waals surface area contributed by atoms with E-state index in [1.807, 2.05) is 0 Å². The second kappa shape index (κ2) is 7.59. The van der Waals surface area contributed by atoms with Crippen LogP contribution in [0.1, 0.15) is 59.8 Å². The van der Waals surface area contributed by atoms with Gasteiger partial charge in [-0.05, 0) is 37.0 Å². The average molecular weight is 298 g/mol. The van der Waals surface area contributed by atoms with Crippen LogP contribution in [-0.2, 0) is 19.0 Å². The van der Waals surface area contributed by atoms with Crippen molar-refractivity contribution in [3.05, 3.63) is 0 Å². The Hall–Kier alpha value is -0.610. The van der Waals surface area contributed by atoms with E-state index in [2.05, 4.69) is 27.7 Å². The zero-order chi connectivity index (χ0) is 15.4. The lowest BCUT2D eigenvalue weighted by molar-refractivity contribution is -0.211. The fourth-order valence-corrected chi connectivity index (χ4v) is 3.48. The van der Waals surface area contributed by atoms with Crippen molar-refractivity contribution in [2.24, 2.45) is 17.8 Å². The molecular weight excluding hydrogens is 268 g/mol. The smallest absolute Gasteiger partial charge is 0.311 e. The highest BCUT2D eigenvalue weighted by Gasteiger charge is 2.41. The molecule has 0 aromatic heterocycles. The van der Waals surface area contributed by atoms with Gasteiger partial charge in [-0.25, -0.2) is 0 Å². The first-order valence-electron chi connectivity index (χ1n) is 8.47. The second-order valence-electron chi connectivity index (χ2n) is 6.97. The van der Waals surface area contributed by atoms with Crippen LogP contribution in [0.5, 0.6) is 0 Å². The molecule has 2 aliphatic rings. The molecule has 0 unspecified atom stereocenters. The Kier molecular flexibility index (Phi) is 6.06. The van der Waals surface area contributed by atoms with Crippen LogP contribution in [-0.4, -0.2) is 31.1 Å². The summed E-state index contributed by atoms with van der Waals surface area (Å²) >= 11 is 0. The Morgan fingerprint density at radius 3 is 2.71 bits per heavy atom. The normalized spacial score (nSPS) is 37.0. The van der Waals surface area contributed by atoms with E-state index in [-0.39, 0.29) is 18.2 Å². The molecule has 5 atom stereocenters. The summed E-state index contributed by atoms with van der Waals surface area (Å²) in [5.41, 5.74) is 0. The summed E-state index contributed by atoms with van der Waals surface area (Å²) in [6.45, 7) is 9.49. The fourth-order valence-electron chi connectivity index (χ4n) is 3.48.